The Bertz CT molecular complexity index is 208. The number of nitrogens with two attached hydrogens (primary N) is 1. The van der Waals surface area contributed by atoms with Gasteiger partial charge in [-0.25, -0.2) is 4.98 Å². The highest BCUT2D eigenvalue weighted by atomic mass is 32.1. The van der Waals surface area contributed by atoms with Gasteiger partial charge < -0.3 is 5.73 Å². The Morgan fingerprint density at radius 3 is 2.67 bits per heavy atom. The molecule has 9 heavy (non-hydrogen) atoms. The highest BCUT2D eigenvalue weighted by molar-refractivity contribution is 7.80. The smallest absolute Gasteiger partial charge is 0.238 e. The lowest BCUT2D eigenvalue weighted by atomic mass is 10.4. The van der Waals surface area contributed by atoms with E-state index in [2.05, 4.69) is 4.98 Å². The van der Waals surface area contributed by atoms with E-state index in [0.717, 1.165) is 5.69 Å². The Morgan fingerprint density at radius 1 is 1.56 bits per heavy atom. The van der Waals surface area contributed by atoms with Gasteiger partial charge in [0.25, 0.3) is 0 Å². The number of nitrogens with one attached hydrogen (secondary N) is 1. The summed E-state index contributed by atoms with van der Waals surface area (Å²) < 4.78 is 0. The van der Waals surface area contributed by atoms with Gasteiger partial charge in [0.2, 0.25) is 5.69 Å². The molecule has 0 bridgehead atoms. The van der Waals surface area contributed by atoms with E-state index < -0.39 is 0 Å². The fraction of sp³-hybridized carbons (Fsp3) is 0. The second kappa shape index (κ2) is 2.55. The molecular formula is C6H7N2S+. The molecule has 0 atom stereocenters. The number of pyridine rings is 1. The van der Waals surface area contributed by atoms with Gasteiger partial charge in [0.15, 0.2) is 11.2 Å². The van der Waals surface area contributed by atoms with Crippen molar-refractivity contribution in [3.63, 3.8) is 0 Å². The van der Waals surface area contributed by atoms with Crippen molar-refractivity contribution in [1.29, 1.82) is 0 Å². The van der Waals surface area contributed by atoms with E-state index in [-0.39, 0.29) is 0 Å². The van der Waals surface area contributed by atoms with E-state index in [9.17, 15) is 0 Å². The van der Waals surface area contributed by atoms with Gasteiger partial charge in [-0.2, -0.15) is 0 Å². The van der Waals surface area contributed by atoms with Crippen LogP contribution in [0.15, 0.2) is 24.4 Å². The monoisotopic (exact) mass is 139 g/mol. The van der Waals surface area contributed by atoms with E-state index in [4.69, 9.17) is 18.0 Å². The molecule has 0 saturated heterocycles. The molecule has 0 amide bonds. The van der Waals surface area contributed by atoms with Crippen LogP contribution in [0.5, 0.6) is 0 Å². The van der Waals surface area contributed by atoms with Crippen LogP contribution in [-0.2, 0) is 0 Å². The normalized spacial score (nSPS) is 8.89. The minimum Gasteiger partial charge on any atom is -0.384 e. The maximum atomic E-state index is 5.31. The first kappa shape index (κ1) is 6.16. The zero-order valence-electron chi connectivity index (χ0n) is 4.79. The lowest BCUT2D eigenvalue weighted by molar-refractivity contribution is -0.380. The van der Waals surface area contributed by atoms with Crippen LogP contribution in [0.25, 0.3) is 0 Å². The third-order valence-corrected chi connectivity index (χ3v) is 1.19. The summed E-state index contributed by atoms with van der Waals surface area (Å²) in [4.78, 5) is 3.30. The highest BCUT2D eigenvalue weighted by Gasteiger charge is 1.98. The molecule has 0 fully saturated rings. The molecule has 0 saturated carbocycles. The summed E-state index contributed by atoms with van der Waals surface area (Å²) >= 11 is 4.71. The molecule has 1 aromatic heterocycles. The van der Waals surface area contributed by atoms with Gasteiger partial charge in [-0.3, -0.25) is 0 Å². The summed E-state index contributed by atoms with van der Waals surface area (Å²) in [7, 11) is 0. The van der Waals surface area contributed by atoms with Crippen LogP contribution in [0.3, 0.4) is 0 Å². The average molecular weight is 139 g/mol. The number of hydrogen-bond donors (Lipinski definition) is 1. The van der Waals surface area contributed by atoms with Crippen molar-refractivity contribution in [2.45, 2.75) is 0 Å². The van der Waals surface area contributed by atoms with Crippen LogP contribution in [0, 0.1) is 0 Å². The van der Waals surface area contributed by atoms with Crippen molar-refractivity contribution < 1.29 is 4.98 Å². The van der Waals surface area contributed by atoms with E-state index in [1.165, 1.54) is 0 Å². The van der Waals surface area contributed by atoms with Crippen molar-refractivity contribution >= 4 is 17.2 Å². The van der Waals surface area contributed by atoms with Crippen molar-refractivity contribution in [1.82, 2.24) is 0 Å². The summed E-state index contributed by atoms with van der Waals surface area (Å²) in [5.41, 5.74) is 6.11. The maximum Gasteiger partial charge on any atom is 0.238 e. The third kappa shape index (κ3) is 1.47. The van der Waals surface area contributed by atoms with Crippen molar-refractivity contribution in [2.24, 2.45) is 5.73 Å². The standard InChI is InChI=1S/C6H6N2S/c7-6(9)5-3-1-2-4-8-5/h1-4H,(H2,7,9)/p+1. The lowest BCUT2D eigenvalue weighted by Crippen LogP contribution is -2.21. The molecule has 0 spiro atoms. The van der Waals surface area contributed by atoms with Gasteiger partial charge in [0.1, 0.15) is 0 Å². The average Bonchev–Trinajstić information content (AvgIpc) is 1.90. The van der Waals surface area contributed by atoms with Gasteiger partial charge in [-0.05, 0) is 6.07 Å². The molecule has 0 aliphatic rings. The van der Waals surface area contributed by atoms with Crippen LogP contribution < -0.4 is 10.7 Å². The summed E-state index contributed by atoms with van der Waals surface area (Å²) in [5.74, 6) is 0. The second-order valence-electron chi connectivity index (χ2n) is 1.64. The minimum atomic E-state index is 0.399. The summed E-state index contributed by atoms with van der Waals surface area (Å²) in [6.07, 6.45) is 1.79. The minimum absolute atomic E-state index is 0.399. The molecule has 3 N–H and O–H groups in total. The van der Waals surface area contributed by atoms with E-state index >= 15 is 0 Å². The SMILES string of the molecule is NC(=S)c1cccc[nH+]1. The number of aromatic amines is 1. The number of H-pyrrole nitrogens is 1. The van der Waals surface area contributed by atoms with Crippen LogP contribution in [0.4, 0.5) is 0 Å². The number of rotatable bonds is 1. The van der Waals surface area contributed by atoms with Crippen LogP contribution >= 0.6 is 12.2 Å². The molecule has 0 unspecified atom stereocenters. The first-order chi connectivity index (χ1) is 4.30. The summed E-state index contributed by atoms with van der Waals surface area (Å²) in [6, 6.07) is 5.59. The predicted molar refractivity (Wildman–Crippen MR) is 38.9 cm³/mol. The van der Waals surface area contributed by atoms with Gasteiger partial charge >= 0.3 is 0 Å². The Kier molecular flexibility index (Phi) is 1.75. The van der Waals surface area contributed by atoms with Crippen LogP contribution in [0.1, 0.15) is 5.69 Å². The topological polar surface area (TPSA) is 40.2 Å². The molecule has 0 aliphatic heterocycles. The van der Waals surface area contributed by atoms with Gasteiger partial charge in [-0.1, -0.05) is 12.2 Å². The third-order valence-electron chi connectivity index (χ3n) is 0.975. The Labute approximate surface area is 58.7 Å². The van der Waals surface area contributed by atoms with E-state index in [1.54, 1.807) is 6.20 Å². The number of aromatic nitrogens is 1. The molecule has 46 valence electrons. The fourth-order valence-electron chi connectivity index (χ4n) is 0.547. The first-order valence-electron chi connectivity index (χ1n) is 2.57. The lowest BCUT2D eigenvalue weighted by Gasteiger charge is -1.84. The summed E-state index contributed by atoms with van der Waals surface area (Å²) in [6.45, 7) is 0. The Hall–Kier alpha value is -0.960. The zero-order chi connectivity index (χ0) is 6.69. The van der Waals surface area contributed by atoms with Crippen LogP contribution in [-0.4, -0.2) is 4.99 Å². The predicted octanol–water partition coefficient (Wildman–Crippen LogP) is 0.135. The van der Waals surface area contributed by atoms with Gasteiger partial charge in [-0.15, -0.1) is 0 Å². The van der Waals surface area contributed by atoms with Crippen molar-refractivity contribution in [3.8, 4) is 0 Å². The molecule has 1 rings (SSSR count). The molecule has 0 aromatic carbocycles. The second-order valence-corrected chi connectivity index (χ2v) is 2.08. The molecule has 0 aliphatic carbocycles. The van der Waals surface area contributed by atoms with Crippen molar-refractivity contribution in [2.75, 3.05) is 0 Å². The molecule has 1 heterocycles. The van der Waals surface area contributed by atoms with Crippen LogP contribution in [0.2, 0.25) is 0 Å². The number of thiocarbonyl (C=S) groups is 1. The van der Waals surface area contributed by atoms with E-state index in [1.807, 2.05) is 18.2 Å². The first-order valence-corrected chi connectivity index (χ1v) is 2.98. The highest BCUT2D eigenvalue weighted by Crippen LogP contribution is 1.85. The molecule has 3 heteroatoms. The Balaban J connectivity index is 2.98. The molecular weight excluding hydrogens is 132 g/mol. The fourth-order valence-corrected chi connectivity index (χ4v) is 0.674. The van der Waals surface area contributed by atoms with Gasteiger partial charge in [0.05, 0.1) is 0 Å². The Morgan fingerprint density at radius 2 is 2.33 bits per heavy atom. The quantitative estimate of drug-likeness (QED) is 0.562. The molecule has 2 nitrogen and oxygen atoms in total. The zero-order valence-corrected chi connectivity index (χ0v) is 5.61. The number of hydrogen-bond acceptors (Lipinski definition) is 1. The largest absolute Gasteiger partial charge is 0.384 e. The van der Waals surface area contributed by atoms with E-state index in [0.29, 0.717) is 4.99 Å². The maximum absolute atomic E-state index is 5.31. The molecule has 1 aromatic rings. The van der Waals surface area contributed by atoms with Crippen molar-refractivity contribution in [3.05, 3.63) is 30.1 Å². The van der Waals surface area contributed by atoms with Gasteiger partial charge in [0, 0.05) is 12.1 Å². The summed E-state index contributed by atoms with van der Waals surface area (Å²) in [5, 5.41) is 0. The molecule has 0 radical (unpaired) electrons.